The number of hydrogen-bond donors (Lipinski definition) is 1. The lowest BCUT2D eigenvalue weighted by molar-refractivity contribution is -0.122. The van der Waals surface area contributed by atoms with Crippen LogP contribution >= 0.6 is 11.5 Å². The van der Waals surface area contributed by atoms with Gasteiger partial charge in [-0.15, -0.1) is 5.10 Å². The molecule has 3 rings (SSSR count). The highest BCUT2D eigenvalue weighted by atomic mass is 32.1. The number of carbonyl (C=O) groups is 1. The quantitative estimate of drug-likeness (QED) is 0.921. The number of nitrogens with zero attached hydrogens (tertiary/aromatic N) is 2. The second kappa shape index (κ2) is 6.14. The van der Waals surface area contributed by atoms with Gasteiger partial charge in [0.25, 0.3) is 5.91 Å². The van der Waals surface area contributed by atoms with E-state index in [4.69, 9.17) is 4.74 Å². The van der Waals surface area contributed by atoms with Crippen molar-refractivity contribution in [3.05, 3.63) is 47.0 Å². The van der Waals surface area contributed by atoms with Crippen LogP contribution in [0.5, 0.6) is 0 Å². The zero-order valence-electron chi connectivity index (χ0n) is 12.7. The fourth-order valence-corrected chi connectivity index (χ4v) is 3.10. The Hall–Kier alpha value is -1.79. The van der Waals surface area contributed by atoms with Crippen LogP contribution in [0.25, 0.3) is 0 Å². The lowest BCUT2D eigenvalue weighted by atomic mass is 9.64. The molecule has 1 fully saturated rings. The van der Waals surface area contributed by atoms with Crippen LogP contribution in [-0.2, 0) is 11.3 Å². The van der Waals surface area contributed by atoms with Gasteiger partial charge in [-0.05, 0) is 23.5 Å². The molecule has 1 heterocycles. The van der Waals surface area contributed by atoms with Crippen molar-refractivity contribution in [2.75, 3.05) is 0 Å². The van der Waals surface area contributed by atoms with E-state index in [1.807, 2.05) is 18.2 Å². The van der Waals surface area contributed by atoms with Crippen molar-refractivity contribution in [3.63, 3.8) is 0 Å². The third-order valence-corrected chi connectivity index (χ3v) is 5.03. The molecule has 0 bridgehead atoms. The summed E-state index contributed by atoms with van der Waals surface area (Å²) in [6, 6.07) is 10.2. The fourth-order valence-electron chi connectivity index (χ4n) is 2.68. The van der Waals surface area contributed by atoms with Gasteiger partial charge in [-0.2, -0.15) is 0 Å². The molecule has 1 aromatic carbocycles. The van der Waals surface area contributed by atoms with Crippen LogP contribution in [0.15, 0.2) is 36.5 Å². The average Bonchev–Trinajstić information content (AvgIpc) is 3.05. The molecule has 0 aliphatic heterocycles. The Kier molecular flexibility index (Phi) is 4.22. The minimum atomic E-state index is -0.102. The van der Waals surface area contributed by atoms with Crippen LogP contribution in [0.1, 0.15) is 35.5 Å². The summed E-state index contributed by atoms with van der Waals surface area (Å²) in [7, 11) is 0. The Balaban J connectivity index is 1.52. The Labute approximate surface area is 133 Å². The summed E-state index contributed by atoms with van der Waals surface area (Å²) >= 11 is 1.11. The summed E-state index contributed by atoms with van der Waals surface area (Å²) in [4.78, 5) is 12.6. The molecule has 0 radical (unpaired) electrons. The highest BCUT2D eigenvalue weighted by Gasteiger charge is 2.49. The standard InChI is InChI=1S/C16H19N3O2S/c1-16(2)13(18-15(20)12-9-17-19-22-12)8-14(16)21-10-11-6-4-3-5-7-11/h3-7,9,13-14H,8,10H2,1-2H3,(H,18,20)/t13-,14-/m1/s1. The monoisotopic (exact) mass is 317 g/mol. The second-order valence-electron chi connectivity index (χ2n) is 6.15. The summed E-state index contributed by atoms with van der Waals surface area (Å²) in [5.41, 5.74) is 1.09. The molecular weight excluding hydrogens is 298 g/mol. The van der Waals surface area contributed by atoms with E-state index in [9.17, 15) is 4.79 Å². The van der Waals surface area contributed by atoms with E-state index in [2.05, 4.69) is 40.9 Å². The zero-order valence-corrected chi connectivity index (χ0v) is 13.5. The molecule has 0 unspecified atom stereocenters. The van der Waals surface area contributed by atoms with Gasteiger partial charge in [0.15, 0.2) is 0 Å². The Morgan fingerprint density at radius 1 is 1.41 bits per heavy atom. The lowest BCUT2D eigenvalue weighted by Gasteiger charge is -2.51. The maximum absolute atomic E-state index is 12.1. The van der Waals surface area contributed by atoms with Gasteiger partial charge in [0.2, 0.25) is 0 Å². The SMILES string of the molecule is CC1(C)[C@H](NC(=O)c2cnns2)C[C@H]1OCc1ccccc1. The van der Waals surface area contributed by atoms with Gasteiger partial charge in [0.05, 0.1) is 18.9 Å². The third kappa shape index (κ3) is 3.03. The van der Waals surface area contributed by atoms with Gasteiger partial charge < -0.3 is 10.1 Å². The molecule has 2 aromatic rings. The van der Waals surface area contributed by atoms with E-state index in [0.717, 1.165) is 18.0 Å². The van der Waals surface area contributed by atoms with Crippen molar-refractivity contribution in [1.29, 1.82) is 0 Å². The van der Waals surface area contributed by atoms with Crippen LogP contribution in [0.4, 0.5) is 0 Å². The molecule has 1 aliphatic rings. The van der Waals surface area contributed by atoms with Crippen LogP contribution < -0.4 is 5.32 Å². The fraction of sp³-hybridized carbons (Fsp3) is 0.438. The maximum atomic E-state index is 12.1. The predicted octanol–water partition coefficient (Wildman–Crippen LogP) is 2.65. The number of aromatic nitrogens is 2. The smallest absolute Gasteiger partial charge is 0.264 e. The number of nitrogens with one attached hydrogen (secondary N) is 1. The number of hydrogen-bond acceptors (Lipinski definition) is 5. The van der Waals surface area contributed by atoms with Crippen molar-refractivity contribution in [2.24, 2.45) is 5.41 Å². The molecule has 5 nitrogen and oxygen atoms in total. The normalized spacial score (nSPS) is 22.8. The van der Waals surface area contributed by atoms with Gasteiger partial charge >= 0.3 is 0 Å². The highest BCUT2D eigenvalue weighted by molar-refractivity contribution is 7.07. The van der Waals surface area contributed by atoms with E-state index >= 15 is 0 Å². The Morgan fingerprint density at radius 3 is 2.82 bits per heavy atom. The van der Waals surface area contributed by atoms with Gasteiger partial charge in [-0.25, -0.2) is 0 Å². The molecule has 116 valence electrons. The molecule has 2 atom stereocenters. The maximum Gasteiger partial charge on any atom is 0.264 e. The molecule has 1 saturated carbocycles. The molecule has 1 amide bonds. The third-order valence-electron chi connectivity index (χ3n) is 4.36. The molecule has 1 aliphatic carbocycles. The average molecular weight is 317 g/mol. The first-order valence-electron chi connectivity index (χ1n) is 7.31. The number of amides is 1. The lowest BCUT2D eigenvalue weighted by Crippen LogP contribution is -2.61. The first-order valence-corrected chi connectivity index (χ1v) is 8.08. The molecular formula is C16H19N3O2S. The largest absolute Gasteiger partial charge is 0.373 e. The predicted molar refractivity (Wildman–Crippen MR) is 84.6 cm³/mol. The summed E-state index contributed by atoms with van der Waals surface area (Å²) in [5.74, 6) is -0.102. The van der Waals surface area contributed by atoms with Gasteiger partial charge in [-0.3, -0.25) is 4.79 Å². The summed E-state index contributed by atoms with van der Waals surface area (Å²) in [5, 5.41) is 6.74. The Morgan fingerprint density at radius 2 is 2.18 bits per heavy atom. The summed E-state index contributed by atoms with van der Waals surface area (Å²) in [6.45, 7) is 4.86. The van der Waals surface area contributed by atoms with Crippen molar-refractivity contribution in [1.82, 2.24) is 14.9 Å². The van der Waals surface area contributed by atoms with Crippen molar-refractivity contribution < 1.29 is 9.53 Å². The molecule has 6 heteroatoms. The van der Waals surface area contributed by atoms with Crippen molar-refractivity contribution in [2.45, 2.75) is 39.0 Å². The van der Waals surface area contributed by atoms with Gasteiger partial charge in [-0.1, -0.05) is 48.7 Å². The summed E-state index contributed by atoms with van der Waals surface area (Å²) < 4.78 is 9.72. The highest BCUT2D eigenvalue weighted by Crippen LogP contribution is 2.43. The molecule has 0 saturated heterocycles. The van der Waals surface area contributed by atoms with Crippen molar-refractivity contribution >= 4 is 17.4 Å². The first-order chi connectivity index (χ1) is 10.6. The van der Waals surface area contributed by atoms with Crippen LogP contribution in [0.2, 0.25) is 0 Å². The van der Waals surface area contributed by atoms with E-state index in [0.29, 0.717) is 11.5 Å². The number of benzene rings is 1. The van der Waals surface area contributed by atoms with E-state index in [1.165, 1.54) is 11.8 Å². The van der Waals surface area contributed by atoms with E-state index in [-0.39, 0.29) is 23.5 Å². The number of rotatable bonds is 5. The molecule has 1 N–H and O–H groups in total. The zero-order chi connectivity index (χ0) is 15.6. The van der Waals surface area contributed by atoms with Crippen LogP contribution in [0.3, 0.4) is 0 Å². The van der Waals surface area contributed by atoms with Crippen molar-refractivity contribution in [3.8, 4) is 0 Å². The molecule has 22 heavy (non-hydrogen) atoms. The summed E-state index contributed by atoms with van der Waals surface area (Å²) in [6.07, 6.45) is 2.48. The molecule has 1 aromatic heterocycles. The first kappa shape index (κ1) is 15.1. The minimum Gasteiger partial charge on any atom is -0.373 e. The van der Waals surface area contributed by atoms with Crippen LogP contribution in [0, 0.1) is 5.41 Å². The van der Waals surface area contributed by atoms with Crippen LogP contribution in [-0.4, -0.2) is 27.6 Å². The van der Waals surface area contributed by atoms with E-state index in [1.54, 1.807) is 0 Å². The Bertz CT molecular complexity index is 628. The second-order valence-corrected chi connectivity index (χ2v) is 6.94. The minimum absolute atomic E-state index is 0.0808. The number of carbonyl (C=O) groups excluding carboxylic acids is 1. The van der Waals surface area contributed by atoms with Gasteiger partial charge in [0, 0.05) is 11.5 Å². The van der Waals surface area contributed by atoms with Gasteiger partial charge in [0.1, 0.15) is 4.88 Å². The molecule has 0 spiro atoms. The topological polar surface area (TPSA) is 64.1 Å². The number of ether oxygens (including phenoxy) is 1. The van der Waals surface area contributed by atoms with E-state index < -0.39 is 0 Å².